The van der Waals surface area contributed by atoms with Gasteiger partial charge in [0.05, 0.1) is 36.8 Å². The fraction of sp³-hybridized carbons (Fsp3) is 0.500. The minimum atomic E-state index is -0.161. The van der Waals surface area contributed by atoms with E-state index in [0.717, 1.165) is 5.92 Å². The predicted molar refractivity (Wildman–Crippen MR) is 105 cm³/mol. The summed E-state index contributed by atoms with van der Waals surface area (Å²) in [5.74, 6) is 0.919. The number of likely N-dealkylation sites (tertiary alicyclic amines) is 1. The van der Waals surface area contributed by atoms with E-state index < -0.39 is 0 Å². The minimum Gasteiger partial charge on any atom is -0.505 e. The van der Waals surface area contributed by atoms with Crippen molar-refractivity contribution in [2.24, 2.45) is 10.9 Å². The number of piperidine rings is 1. The zero-order chi connectivity index (χ0) is 18.5. The van der Waals surface area contributed by atoms with Crippen molar-refractivity contribution in [1.29, 1.82) is 0 Å². The number of aliphatic hydroxyl groups is 1. The summed E-state index contributed by atoms with van der Waals surface area (Å²) in [6.45, 7) is 6.96. The van der Waals surface area contributed by atoms with E-state index in [1.54, 1.807) is 35.6 Å². The number of aliphatic hydroxyl groups excluding tert-OH is 1. The maximum atomic E-state index is 10.3. The van der Waals surface area contributed by atoms with Crippen molar-refractivity contribution in [3.8, 4) is 5.75 Å². The van der Waals surface area contributed by atoms with Gasteiger partial charge in [-0.3, -0.25) is 9.98 Å². The van der Waals surface area contributed by atoms with Crippen LogP contribution in [0.5, 0.6) is 5.75 Å². The number of pyridine rings is 1. The van der Waals surface area contributed by atoms with E-state index in [2.05, 4.69) is 34.4 Å². The zero-order valence-corrected chi connectivity index (χ0v) is 16.3. The Balaban J connectivity index is 1.78. The molecule has 2 aromatic rings. The first-order valence-electron chi connectivity index (χ1n) is 9.26. The number of aromatic hydroxyl groups is 1. The molecule has 0 spiro atoms. The van der Waals surface area contributed by atoms with Crippen molar-refractivity contribution in [1.82, 2.24) is 4.98 Å². The van der Waals surface area contributed by atoms with Crippen molar-refractivity contribution in [3.05, 3.63) is 45.4 Å². The van der Waals surface area contributed by atoms with Crippen LogP contribution in [0.15, 0.2) is 28.7 Å². The zero-order valence-electron chi connectivity index (χ0n) is 15.5. The molecule has 6 heteroatoms. The molecule has 0 amide bonds. The van der Waals surface area contributed by atoms with E-state index >= 15 is 0 Å². The van der Waals surface area contributed by atoms with Gasteiger partial charge in [-0.05, 0) is 37.1 Å². The quantitative estimate of drug-likeness (QED) is 0.679. The molecule has 3 heterocycles. The van der Waals surface area contributed by atoms with Crippen LogP contribution in [-0.4, -0.2) is 41.0 Å². The van der Waals surface area contributed by atoms with Crippen LogP contribution in [0.4, 0.5) is 0 Å². The highest BCUT2D eigenvalue weighted by molar-refractivity contribution is 7.10. The molecule has 0 saturated carbocycles. The second-order valence-corrected chi connectivity index (χ2v) is 8.17. The van der Waals surface area contributed by atoms with E-state index in [1.807, 2.05) is 0 Å². The molecule has 1 aliphatic heterocycles. The number of aryl methyl sites for hydroxylation is 1. The molecule has 0 aliphatic carbocycles. The molecule has 5 nitrogen and oxygen atoms in total. The molecular weight excluding hydrogens is 346 g/mol. The Labute approximate surface area is 159 Å². The molecule has 2 aromatic heterocycles. The van der Waals surface area contributed by atoms with E-state index in [9.17, 15) is 10.2 Å². The van der Waals surface area contributed by atoms with Gasteiger partial charge in [-0.2, -0.15) is 0 Å². The van der Waals surface area contributed by atoms with E-state index in [-0.39, 0.29) is 12.4 Å². The molecule has 26 heavy (non-hydrogen) atoms. The molecule has 1 aliphatic rings. The fourth-order valence-electron chi connectivity index (χ4n) is 3.56. The van der Waals surface area contributed by atoms with Crippen LogP contribution in [0.1, 0.15) is 47.5 Å². The van der Waals surface area contributed by atoms with Crippen LogP contribution in [0.3, 0.4) is 0 Å². The third-order valence-corrected chi connectivity index (χ3v) is 6.32. The Morgan fingerprint density at radius 3 is 2.85 bits per heavy atom. The SMILES string of the molecule is Cc1ncc(CO)c(C=NC[C@H](c2cccs2)[NH+]2CCC(C)CC2)c1O. The van der Waals surface area contributed by atoms with Crippen molar-refractivity contribution in [3.63, 3.8) is 0 Å². The fourth-order valence-corrected chi connectivity index (χ4v) is 4.44. The van der Waals surface area contributed by atoms with Gasteiger partial charge in [0.2, 0.25) is 0 Å². The third kappa shape index (κ3) is 4.31. The van der Waals surface area contributed by atoms with Crippen LogP contribution in [0.2, 0.25) is 0 Å². The Morgan fingerprint density at radius 1 is 1.42 bits per heavy atom. The Bertz CT molecular complexity index is 738. The summed E-state index contributed by atoms with van der Waals surface area (Å²) in [5, 5.41) is 21.9. The molecule has 140 valence electrons. The lowest BCUT2D eigenvalue weighted by molar-refractivity contribution is -0.935. The van der Waals surface area contributed by atoms with Gasteiger partial charge in [0, 0.05) is 23.5 Å². The third-order valence-electron chi connectivity index (χ3n) is 5.33. The topological polar surface area (TPSA) is 70.2 Å². The summed E-state index contributed by atoms with van der Waals surface area (Å²) in [7, 11) is 0. The van der Waals surface area contributed by atoms with Crippen molar-refractivity contribution in [2.75, 3.05) is 19.6 Å². The molecule has 3 N–H and O–H groups in total. The number of nitrogens with zero attached hydrogens (tertiary/aromatic N) is 2. The van der Waals surface area contributed by atoms with Crippen molar-refractivity contribution in [2.45, 2.75) is 39.3 Å². The predicted octanol–water partition coefficient (Wildman–Crippen LogP) is 2.12. The highest BCUT2D eigenvalue weighted by atomic mass is 32.1. The summed E-state index contributed by atoms with van der Waals surface area (Å²) in [4.78, 5) is 11.7. The standard InChI is InChI=1S/C20H27N3O2S/c1-14-5-7-23(8-6-14)18(19-4-3-9-26-19)12-21-11-17-16(13-24)10-22-15(2)20(17)25/h3-4,9-11,14,18,24-25H,5-8,12-13H2,1-2H3/p+1/t18-/m1/s1. The summed E-state index contributed by atoms with van der Waals surface area (Å²) in [5.41, 5.74) is 1.73. The van der Waals surface area contributed by atoms with Gasteiger partial charge in [0.25, 0.3) is 0 Å². The first-order valence-corrected chi connectivity index (χ1v) is 10.1. The first-order chi connectivity index (χ1) is 12.6. The Hall–Kier alpha value is -1.76. The van der Waals surface area contributed by atoms with E-state index in [4.69, 9.17) is 0 Å². The smallest absolute Gasteiger partial charge is 0.145 e. The highest BCUT2D eigenvalue weighted by Gasteiger charge is 2.28. The van der Waals surface area contributed by atoms with Crippen LogP contribution in [0.25, 0.3) is 0 Å². The number of hydrogen-bond acceptors (Lipinski definition) is 5. The number of hydrogen-bond donors (Lipinski definition) is 3. The average Bonchev–Trinajstić information content (AvgIpc) is 3.17. The minimum absolute atomic E-state index is 0.104. The maximum absolute atomic E-state index is 10.3. The van der Waals surface area contributed by atoms with E-state index in [0.29, 0.717) is 29.4 Å². The van der Waals surface area contributed by atoms with Gasteiger partial charge >= 0.3 is 0 Å². The molecule has 0 unspecified atom stereocenters. The number of rotatable bonds is 6. The second-order valence-electron chi connectivity index (χ2n) is 7.19. The molecule has 0 bridgehead atoms. The largest absolute Gasteiger partial charge is 0.505 e. The van der Waals surface area contributed by atoms with Gasteiger partial charge in [0.15, 0.2) is 0 Å². The van der Waals surface area contributed by atoms with Crippen LogP contribution in [0, 0.1) is 12.8 Å². The number of quaternary nitrogens is 1. The lowest BCUT2D eigenvalue weighted by atomic mass is 9.97. The summed E-state index contributed by atoms with van der Waals surface area (Å²) >= 11 is 1.79. The normalized spacial score (nSPS) is 22.0. The number of nitrogens with one attached hydrogen (secondary N) is 1. The summed E-state index contributed by atoms with van der Waals surface area (Å²) in [6.07, 6.45) is 5.83. The molecule has 3 rings (SSSR count). The number of aliphatic imine (C=N–C) groups is 1. The van der Waals surface area contributed by atoms with Crippen LogP contribution < -0.4 is 4.90 Å². The number of aromatic nitrogens is 1. The lowest BCUT2D eigenvalue weighted by Crippen LogP contribution is -3.13. The van der Waals surface area contributed by atoms with Crippen molar-refractivity contribution < 1.29 is 15.1 Å². The Morgan fingerprint density at radius 2 is 2.19 bits per heavy atom. The van der Waals surface area contributed by atoms with Gasteiger partial charge in [-0.15, -0.1) is 11.3 Å². The first kappa shape index (κ1) is 19.0. The Kier molecular flexibility index (Phi) is 6.40. The summed E-state index contributed by atoms with van der Waals surface area (Å²) in [6, 6.07) is 4.65. The maximum Gasteiger partial charge on any atom is 0.145 e. The lowest BCUT2D eigenvalue weighted by Gasteiger charge is -2.32. The molecule has 1 saturated heterocycles. The van der Waals surface area contributed by atoms with Crippen LogP contribution >= 0.6 is 11.3 Å². The summed E-state index contributed by atoms with van der Waals surface area (Å²) < 4.78 is 0. The molecule has 1 fully saturated rings. The molecule has 1 atom stereocenters. The van der Waals surface area contributed by atoms with Gasteiger partial charge in [-0.25, -0.2) is 0 Å². The molecule has 0 aromatic carbocycles. The van der Waals surface area contributed by atoms with Gasteiger partial charge in [0.1, 0.15) is 11.8 Å². The highest BCUT2D eigenvalue weighted by Crippen LogP contribution is 2.23. The van der Waals surface area contributed by atoms with Crippen LogP contribution in [-0.2, 0) is 6.61 Å². The van der Waals surface area contributed by atoms with Gasteiger partial charge in [-0.1, -0.05) is 13.0 Å². The molecular formula is C20H28N3O2S+. The monoisotopic (exact) mass is 374 g/mol. The van der Waals surface area contributed by atoms with Gasteiger partial charge < -0.3 is 15.1 Å². The number of thiophene rings is 1. The molecule has 0 radical (unpaired) electrons. The van der Waals surface area contributed by atoms with E-state index in [1.165, 1.54) is 30.8 Å². The average molecular weight is 375 g/mol. The van der Waals surface area contributed by atoms with Crippen molar-refractivity contribution >= 4 is 17.6 Å². The second kappa shape index (κ2) is 8.75.